The first-order valence-electron chi connectivity index (χ1n) is 5.19. The van der Waals surface area contributed by atoms with Crippen molar-refractivity contribution in [3.63, 3.8) is 0 Å². The molecule has 0 saturated carbocycles. The van der Waals surface area contributed by atoms with Crippen LogP contribution in [0.5, 0.6) is 0 Å². The second-order valence-corrected chi connectivity index (χ2v) is 3.89. The summed E-state index contributed by atoms with van der Waals surface area (Å²) in [6.45, 7) is 1.98. The number of anilines is 1. The van der Waals surface area contributed by atoms with Crippen molar-refractivity contribution in [2.45, 2.75) is 6.92 Å². The van der Waals surface area contributed by atoms with Gasteiger partial charge in [-0.05, 0) is 36.8 Å². The van der Waals surface area contributed by atoms with E-state index in [0.29, 0.717) is 5.69 Å². The minimum atomic E-state index is -0.413. The minimum Gasteiger partial charge on any atom is -0.398 e. The van der Waals surface area contributed by atoms with E-state index in [0.717, 1.165) is 16.7 Å². The molecule has 2 aromatic rings. The van der Waals surface area contributed by atoms with Crippen LogP contribution in [-0.4, -0.2) is 4.92 Å². The molecule has 0 atom stereocenters. The van der Waals surface area contributed by atoms with Gasteiger partial charge in [0.2, 0.25) is 0 Å². The zero-order chi connectivity index (χ0) is 12.4. The molecule has 4 nitrogen and oxygen atoms in total. The molecule has 0 aliphatic heterocycles. The molecule has 4 heteroatoms. The Balaban J connectivity index is 2.46. The summed E-state index contributed by atoms with van der Waals surface area (Å²) in [7, 11) is 0. The van der Waals surface area contributed by atoms with Crippen molar-refractivity contribution in [2.24, 2.45) is 0 Å². The van der Waals surface area contributed by atoms with Gasteiger partial charge in [0.15, 0.2) is 0 Å². The van der Waals surface area contributed by atoms with Crippen LogP contribution >= 0.6 is 0 Å². The Morgan fingerprint density at radius 1 is 1.12 bits per heavy atom. The van der Waals surface area contributed by atoms with E-state index in [4.69, 9.17) is 5.73 Å². The number of aryl methyl sites for hydroxylation is 1. The highest BCUT2D eigenvalue weighted by atomic mass is 16.6. The maximum atomic E-state index is 10.6. The molecular formula is C13H12N2O2. The highest BCUT2D eigenvalue weighted by Gasteiger charge is 2.07. The lowest BCUT2D eigenvalue weighted by molar-refractivity contribution is -0.384. The Morgan fingerprint density at radius 3 is 2.35 bits per heavy atom. The van der Waals surface area contributed by atoms with Crippen molar-refractivity contribution in [3.8, 4) is 11.1 Å². The van der Waals surface area contributed by atoms with Crippen LogP contribution in [0, 0.1) is 17.0 Å². The van der Waals surface area contributed by atoms with Crippen LogP contribution in [0.1, 0.15) is 5.56 Å². The summed E-state index contributed by atoms with van der Waals surface area (Å²) in [4.78, 5) is 10.1. The molecule has 86 valence electrons. The van der Waals surface area contributed by atoms with Gasteiger partial charge in [-0.25, -0.2) is 0 Å². The number of nitro benzene ring substituents is 1. The van der Waals surface area contributed by atoms with Gasteiger partial charge in [0.1, 0.15) is 0 Å². The van der Waals surface area contributed by atoms with E-state index in [9.17, 15) is 10.1 Å². The lowest BCUT2D eigenvalue weighted by Gasteiger charge is -2.06. The van der Waals surface area contributed by atoms with Gasteiger partial charge in [0.25, 0.3) is 5.69 Å². The van der Waals surface area contributed by atoms with Crippen LogP contribution in [0.25, 0.3) is 11.1 Å². The number of hydrogen-bond acceptors (Lipinski definition) is 3. The summed E-state index contributed by atoms with van der Waals surface area (Å²) in [6.07, 6.45) is 0. The fourth-order valence-corrected chi connectivity index (χ4v) is 1.68. The van der Waals surface area contributed by atoms with E-state index in [-0.39, 0.29) is 5.69 Å². The largest absolute Gasteiger partial charge is 0.398 e. The number of nitrogens with two attached hydrogens (primary N) is 1. The molecule has 17 heavy (non-hydrogen) atoms. The van der Waals surface area contributed by atoms with Crippen LogP contribution in [0.2, 0.25) is 0 Å². The van der Waals surface area contributed by atoms with E-state index >= 15 is 0 Å². The molecule has 0 aliphatic rings. The van der Waals surface area contributed by atoms with Gasteiger partial charge in [-0.1, -0.05) is 11.6 Å². The predicted molar refractivity (Wildman–Crippen MR) is 67.7 cm³/mol. The molecular weight excluding hydrogens is 216 g/mol. The predicted octanol–water partition coefficient (Wildman–Crippen LogP) is 3.15. The van der Waals surface area contributed by atoms with E-state index < -0.39 is 4.92 Å². The highest BCUT2D eigenvalue weighted by Crippen LogP contribution is 2.28. The Morgan fingerprint density at radius 2 is 1.76 bits per heavy atom. The quantitative estimate of drug-likeness (QED) is 0.487. The van der Waals surface area contributed by atoms with Gasteiger partial charge in [-0.3, -0.25) is 10.1 Å². The first-order chi connectivity index (χ1) is 8.08. The summed E-state index contributed by atoms with van der Waals surface area (Å²) < 4.78 is 0. The third-order valence-corrected chi connectivity index (χ3v) is 2.60. The van der Waals surface area contributed by atoms with E-state index in [1.165, 1.54) is 12.1 Å². The number of hydrogen-bond donors (Lipinski definition) is 1. The van der Waals surface area contributed by atoms with Gasteiger partial charge in [0.05, 0.1) is 4.92 Å². The maximum Gasteiger partial charge on any atom is 0.269 e. The monoisotopic (exact) mass is 228 g/mol. The summed E-state index contributed by atoms with van der Waals surface area (Å²) >= 11 is 0. The normalized spacial score (nSPS) is 10.2. The van der Waals surface area contributed by atoms with Crippen molar-refractivity contribution in [2.75, 3.05) is 5.73 Å². The standard InChI is InChI=1S/C13H12N2O2/c1-9-2-7-13(14)12(8-9)10-3-5-11(6-4-10)15(16)17/h2-8H,14H2,1H3. The van der Waals surface area contributed by atoms with Crippen LogP contribution in [0.3, 0.4) is 0 Å². The van der Waals surface area contributed by atoms with Crippen molar-refractivity contribution in [1.29, 1.82) is 0 Å². The van der Waals surface area contributed by atoms with Gasteiger partial charge >= 0.3 is 0 Å². The topological polar surface area (TPSA) is 69.2 Å². The molecule has 2 N–H and O–H groups in total. The molecule has 2 aromatic carbocycles. The Bertz CT molecular complexity index is 562. The number of non-ortho nitro benzene ring substituents is 1. The van der Waals surface area contributed by atoms with Crippen LogP contribution in [0.15, 0.2) is 42.5 Å². The van der Waals surface area contributed by atoms with Crippen molar-refractivity contribution in [1.82, 2.24) is 0 Å². The number of nitrogen functional groups attached to an aromatic ring is 1. The van der Waals surface area contributed by atoms with Gasteiger partial charge < -0.3 is 5.73 Å². The van der Waals surface area contributed by atoms with Crippen molar-refractivity contribution in [3.05, 3.63) is 58.1 Å². The summed E-state index contributed by atoms with van der Waals surface area (Å²) in [6, 6.07) is 12.1. The fraction of sp³-hybridized carbons (Fsp3) is 0.0769. The third kappa shape index (κ3) is 2.25. The van der Waals surface area contributed by atoms with Crippen LogP contribution < -0.4 is 5.73 Å². The molecule has 0 aromatic heterocycles. The second-order valence-electron chi connectivity index (χ2n) is 3.89. The summed E-state index contributed by atoms with van der Waals surface area (Å²) in [5.74, 6) is 0. The minimum absolute atomic E-state index is 0.0833. The number of nitro groups is 1. The van der Waals surface area contributed by atoms with Crippen LogP contribution in [-0.2, 0) is 0 Å². The SMILES string of the molecule is Cc1ccc(N)c(-c2ccc([N+](=O)[O-])cc2)c1. The Labute approximate surface area is 98.8 Å². The average Bonchev–Trinajstić information content (AvgIpc) is 2.32. The number of rotatable bonds is 2. The molecule has 0 fully saturated rings. The molecule has 0 unspecified atom stereocenters. The van der Waals surface area contributed by atoms with Crippen molar-refractivity contribution >= 4 is 11.4 Å². The number of nitrogens with zero attached hydrogens (tertiary/aromatic N) is 1. The first kappa shape index (κ1) is 11.1. The van der Waals surface area contributed by atoms with E-state index in [2.05, 4.69) is 0 Å². The van der Waals surface area contributed by atoms with E-state index in [1.54, 1.807) is 12.1 Å². The van der Waals surface area contributed by atoms with Crippen LogP contribution in [0.4, 0.5) is 11.4 Å². The maximum absolute atomic E-state index is 10.6. The molecule has 0 spiro atoms. The summed E-state index contributed by atoms with van der Waals surface area (Å²) in [5.41, 5.74) is 9.53. The smallest absolute Gasteiger partial charge is 0.269 e. The molecule has 0 saturated heterocycles. The molecule has 0 aliphatic carbocycles. The Kier molecular flexibility index (Phi) is 2.78. The number of benzene rings is 2. The van der Waals surface area contributed by atoms with Crippen molar-refractivity contribution < 1.29 is 4.92 Å². The highest BCUT2D eigenvalue weighted by molar-refractivity contribution is 5.77. The molecule has 0 amide bonds. The molecule has 0 radical (unpaired) electrons. The molecule has 0 bridgehead atoms. The third-order valence-electron chi connectivity index (χ3n) is 2.60. The van der Waals surface area contributed by atoms with E-state index in [1.807, 2.05) is 25.1 Å². The molecule has 2 rings (SSSR count). The first-order valence-corrected chi connectivity index (χ1v) is 5.19. The Hall–Kier alpha value is -2.36. The van der Waals surface area contributed by atoms with Gasteiger partial charge in [0, 0.05) is 23.4 Å². The summed E-state index contributed by atoms with van der Waals surface area (Å²) in [5, 5.41) is 10.6. The fourth-order valence-electron chi connectivity index (χ4n) is 1.68. The average molecular weight is 228 g/mol. The lowest BCUT2D eigenvalue weighted by Crippen LogP contribution is -1.91. The lowest BCUT2D eigenvalue weighted by atomic mass is 10.0. The zero-order valence-corrected chi connectivity index (χ0v) is 9.38. The van der Waals surface area contributed by atoms with Gasteiger partial charge in [-0.2, -0.15) is 0 Å². The zero-order valence-electron chi connectivity index (χ0n) is 9.38. The second kappa shape index (κ2) is 4.25. The molecule has 0 heterocycles. The van der Waals surface area contributed by atoms with Gasteiger partial charge in [-0.15, -0.1) is 0 Å².